The number of hydrogen-bond acceptors (Lipinski definition) is 4. The Balaban J connectivity index is 2.21. The maximum absolute atomic E-state index is 13.9. The van der Waals surface area contributed by atoms with Gasteiger partial charge in [0, 0.05) is 12.0 Å². The zero-order chi connectivity index (χ0) is 16.7. The van der Waals surface area contributed by atoms with Crippen molar-refractivity contribution in [2.24, 2.45) is 0 Å². The largest absolute Gasteiger partial charge is 0.454 e. The van der Waals surface area contributed by atoms with E-state index in [0.717, 1.165) is 0 Å². The van der Waals surface area contributed by atoms with Gasteiger partial charge in [0.05, 0.1) is 0 Å². The molecule has 0 radical (unpaired) electrons. The summed E-state index contributed by atoms with van der Waals surface area (Å²) in [4.78, 5) is 11.5. The minimum Gasteiger partial charge on any atom is -0.454 e. The van der Waals surface area contributed by atoms with Gasteiger partial charge in [0.2, 0.25) is 6.10 Å². The van der Waals surface area contributed by atoms with E-state index in [-0.39, 0.29) is 12.2 Å². The van der Waals surface area contributed by atoms with Gasteiger partial charge in [-0.1, -0.05) is 31.2 Å². The average molecular weight is 313 g/mol. The first kappa shape index (κ1) is 16.5. The van der Waals surface area contributed by atoms with Crippen molar-refractivity contribution in [2.75, 3.05) is 0 Å². The lowest BCUT2D eigenvalue weighted by Gasteiger charge is -2.13. The van der Waals surface area contributed by atoms with Gasteiger partial charge in [-0.05, 0) is 30.7 Å². The number of carbonyl (C=O) groups is 1. The van der Waals surface area contributed by atoms with Crippen molar-refractivity contribution in [1.82, 2.24) is 0 Å². The predicted octanol–water partition coefficient (Wildman–Crippen LogP) is 4.53. The highest BCUT2D eigenvalue weighted by atomic mass is 19.1. The molecule has 2 rings (SSSR count). The molecule has 0 saturated carbocycles. The smallest absolute Gasteiger partial charge is 0.307 e. The van der Waals surface area contributed by atoms with Crippen molar-refractivity contribution in [3.8, 4) is 17.6 Å². The monoisotopic (exact) mass is 313 g/mol. The summed E-state index contributed by atoms with van der Waals surface area (Å²) < 4.78 is 24.5. The fourth-order valence-electron chi connectivity index (χ4n) is 1.94. The molecule has 118 valence electrons. The Hall–Kier alpha value is -2.87. The molecule has 0 N–H and O–H groups in total. The van der Waals surface area contributed by atoms with Gasteiger partial charge >= 0.3 is 5.97 Å². The number of halogens is 1. The summed E-state index contributed by atoms with van der Waals surface area (Å²) in [5.41, 5.74) is 0.365. The van der Waals surface area contributed by atoms with Crippen LogP contribution in [0.2, 0.25) is 0 Å². The van der Waals surface area contributed by atoms with E-state index in [1.54, 1.807) is 24.3 Å². The van der Waals surface area contributed by atoms with Crippen molar-refractivity contribution >= 4 is 5.97 Å². The number of ether oxygens (including phenoxy) is 2. The number of nitriles is 1. The highest BCUT2D eigenvalue weighted by Crippen LogP contribution is 2.28. The molecule has 0 aliphatic rings. The summed E-state index contributed by atoms with van der Waals surface area (Å²) in [6.07, 6.45) is -0.233. The van der Waals surface area contributed by atoms with E-state index in [9.17, 15) is 14.4 Å². The number of nitrogens with zero attached hydrogens (tertiary/aromatic N) is 1. The van der Waals surface area contributed by atoms with Crippen LogP contribution in [-0.2, 0) is 9.53 Å². The fraction of sp³-hybridized carbons (Fsp3) is 0.222. The van der Waals surface area contributed by atoms with E-state index in [1.165, 1.54) is 18.2 Å². The van der Waals surface area contributed by atoms with Gasteiger partial charge in [0.15, 0.2) is 11.6 Å². The number of esters is 1. The third-order valence-electron chi connectivity index (χ3n) is 3.05. The standard InChI is InChI=1S/C18H16FNO3/c1-2-6-18(21)23-17(12-20)13-9-10-15(19)16(11-13)22-14-7-4-3-5-8-14/h3-5,7-11,17H,2,6H2,1H3/t17-/m1/s1. The van der Waals surface area contributed by atoms with Gasteiger partial charge in [0.25, 0.3) is 0 Å². The summed E-state index contributed by atoms with van der Waals surface area (Å²) in [6.45, 7) is 1.84. The summed E-state index contributed by atoms with van der Waals surface area (Å²) in [6, 6.07) is 14.6. The Labute approximate surface area is 134 Å². The second kappa shape index (κ2) is 7.95. The molecule has 0 aliphatic heterocycles. The highest BCUT2D eigenvalue weighted by Gasteiger charge is 2.18. The number of para-hydroxylation sites is 1. The lowest BCUT2D eigenvalue weighted by molar-refractivity contribution is -0.146. The van der Waals surface area contributed by atoms with Gasteiger partial charge in [-0.2, -0.15) is 5.26 Å². The van der Waals surface area contributed by atoms with Crippen LogP contribution >= 0.6 is 0 Å². The Morgan fingerprint density at radius 3 is 2.65 bits per heavy atom. The lowest BCUT2D eigenvalue weighted by Crippen LogP contribution is -2.09. The average Bonchev–Trinajstić information content (AvgIpc) is 2.56. The molecule has 0 spiro atoms. The van der Waals surface area contributed by atoms with Crippen molar-refractivity contribution < 1.29 is 18.7 Å². The first-order chi connectivity index (χ1) is 11.1. The van der Waals surface area contributed by atoms with Crippen LogP contribution in [0.4, 0.5) is 4.39 Å². The second-order valence-corrected chi connectivity index (χ2v) is 4.85. The van der Waals surface area contributed by atoms with Crippen LogP contribution in [0.3, 0.4) is 0 Å². The summed E-state index contributed by atoms with van der Waals surface area (Å²) >= 11 is 0. The van der Waals surface area contributed by atoms with Crippen LogP contribution in [0.5, 0.6) is 11.5 Å². The minimum absolute atomic E-state index is 0.0273. The van der Waals surface area contributed by atoms with Crippen LogP contribution in [0.1, 0.15) is 31.4 Å². The normalized spacial score (nSPS) is 11.3. The Kier molecular flexibility index (Phi) is 5.70. The molecule has 2 aromatic carbocycles. The fourth-order valence-corrected chi connectivity index (χ4v) is 1.94. The molecule has 0 aliphatic carbocycles. The van der Waals surface area contributed by atoms with Gasteiger partial charge in [-0.3, -0.25) is 4.79 Å². The molecule has 0 heterocycles. The van der Waals surface area contributed by atoms with E-state index in [4.69, 9.17) is 9.47 Å². The molecule has 0 fully saturated rings. The number of rotatable bonds is 6. The molecule has 0 bridgehead atoms. The van der Waals surface area contributed by atoms with Crippen molar-refractivity contribution in [1.29, 1.82) is 5.26 Å². The maximum Gasteiger partial charge on any atom is 0.307 e. The number of carbonyl (C=O) groups excluding carboxylic acids is 1. The lowest BCUT2D eigenvalue weighted by atomic mass is 10.1. The molecule has 0 unspecified atom stereocenters. The zero-order valence-corrected chi connectivity index (χ0v) is 12.7. The molecule has 1 atom stereocenters. The summed E-state index contributed by atoms with van der Waals surface area (Å²) in [7, 11) is 0. The zero-order valence-electron chi connectivity index (χ0n) is 12.7. The number of hydrogen-bond donors (Lipinski definition) is 0. The predicted molar refractivity (Wildman–Crippen MR) is 82.3 cm³/mol. The first-order valence-corrected chi connectivity index (χ1v) is 7.25. The Morgan fingerprint density at radius 1 is 1.26 bits per heavy atom. The van der Waals surface area contributed by atoms with Crippen LogP contribution in [0.25, 0.3) is 0 Å². The molecule has 0 saturated heterocycles. The molecular formula is C18H16FNO3. The van der Waals surface area contributed by atoms with Crippen LogP contribution in [-0.4, -0.2) is 5.97 Å². The minimum atomic E-state index is -1.09. The van der Waals surface area contributed by atoms with E-state index in [2.05, 4.69) is 0 Å². The van der Waals surface area contributed by atoms with Gasteiger partial charge in [-0.25, -0.2) is 4.39 Å². The van der Waals surface area contributed by atoms with Gasteiger partial charge in [-0.15, -0.1) is 0 Å². The molecule has 5 heteroatoms. The highest BCUT2D eigenvalue weighted by molar-refractivity contribution is 5.70. The molecule has 0 amide bonds. The van der Waals surface area contributed by atoms with E-state index >= 15 is 0 Å². The molecule has 0 aromatic heterocycles. The Bertz CT molecular complexity index is 710. The maximum atomic E-state index is 13.9. The van der Waals surface area contributed by atoms with Crippen molar-refractivity contribution in [3.63, 3.8) is 0 Å². The summed E-state index contributed by atoms with van der Waals surface area (Å²) in [5, 5.41) is 9.18. The van der Waals surface area contributed by atoms with Crippen LogP contribution in [0.15, 0.2) is 48.5 Å². The quantitative estimate of drug-likeness (QED) is 0.735. The Morgan fingerprint density at radius 2 is 2.00 bits per heavy atom. The molecule has 23 heavy (non-hydrogen) atoms. The second-order valence-electron chi connectivity index (χ2n) is 4.85. The van der Waals surface area contributed by atoms with E-state index in [1.807, 2.05) is 19.1 Å². The van der Waals surface area contributed by atoms with Gasteiger partial charge in [0.1, 0.15) is 11.8 Å². The molecule has 2 aromatic rings. The van der Waals surface area contributed by atoms with Crippen LogP contribution in [0, 0.1) is 17.1 Å². The molecule has 4 nitrogen and oxygen atoms in total. The van der Waals surface area contributed by atoms with Crippen molar-refractivity contribution in [2.45, 2.75) is 25.9 Å². The van der Waals surface area contributed by atoms with Crippen molar-refractivity contribution in [3.05, 3.63) is 59.9 Å². The topological polar surface area (TPSA) is 59.3 Å². The first-order valence-electron chi connectivity index (χ1n) is 7.25. The number of benzene rings is 2. The molecular weight excluding hydrogens is 297 g/mol. The van der Waals surface area contributed by atoms with E-state index < -0.39 is 17.9 Å². The SMILES string of the molecule is CCCC(=O)O[C@H](C#N)c1ccc(F)c(Oc2ccccc2)c1. The summed E-state index contributed by atoms with van der Waals surface area (Å²) in [5.74, 6) is -0.580. The van der Waals surface area contributed by atoms with Gasteiger partial charge < -0.3 is 9.47 Å². The third kappa shape index (κ3) is 4.55. The van der Waals surface area contributed by atoms with Crippen LogP contribution < -0.4 is 4.74 Å². The van der Waals surface area contributed by atoms with E-state index in [0.29, 0.717) is 17.7 Å². The third-order valence-corrected chi connectivity index (χ3v) is 3.05.